The maximum atomic E-state index is 8.34. The van der Waals surface area contributed by atoms with Crippen LogP contribution in [0.1, 0.15) is 13.3 Å². The van der Waals surface area contributed by atoms with Crippen molar-refractivity contribution in [1.82, 2.24) is 0 Å². The highest BCUT2D eigenvalue weighted by atomic mass is 32.1. The van der Waals surface area contributed by atoms with Gasteiger partial charge in [-0.2, -0.15) is 12.6 Å². The van der Waals surface area contributed by atoms with Gasteiger partial charge in [-0.15, -0.1) is 12.6 Å². The standard InChI is InChI=1S/2C3H8O2S/c4-1-3(5)2-6;1-2-3(4,5)6/h3-6H,1-2H2;4-6H,2H2,1H3. The Morgan fingerprint density at radius 2 is 1.75 bits per heavy atom. The third-order valence-electron chi connectivity index (χ3n) is 0.896. The van der Waals surface area contributed by atoms with Crippen molar-refractivity contribution in [2.45, 2.75) is 24.6 Å². The maximum Gasteiger partial charge on any atom is 0.209 e. The van der Waals surface area contributed by atoms with Gasteiger partial charge in [-0.05, 0) is 0 Å². The third-order valence-corrected chi connectivity index (χ3v) is 1.63. The molecule has 0 fully saturated rings. The first-order chi connectivity index (χ1) is 5.37. The van der Waals surface area contributed by atoms with Crippen LogP contribution >= 0.6 is 25.3 Å². The van der Waals surface area contributed by atoms with Gasteiger partial charge in [0.05, 0.1) is 12.7 Å². The number of hydrogen-bond donors (Lipinski definition) is 6. The van der Waals surface area contributed by atoms with Gasteiger partial charge in [0.25, 0.3) is 0 Å². The molecule has 12 heavy (non-hydrogen) atoms. The molecule has 0 bridgehead atoms. The monoisotopic (exact) mass is 216 g/mol. The van der Waals surface area contributed by atoms with Crippen molar-refractivity contribution in [2.75, 3.05) is 12.4 Å². The predicted molar refractivity (Wildman–Crippen MR) is 53.4 cm³/mol. The first-order valence-corrected chi connectivity index (χ1v) is 4.52. The Morgan fingerprint density at radius 3 is 1.75 bits per heavy atom. The van der Waals surface area contributed by atoms with Crippen molar-refractivity contribution in [1.29, 1.82) is 0 Å². The summed E-state index contributed by atoms with van der Waals surface area (Å²) in [5.74, 6) is 0.330. The zero-order chi connectivity index (χ0) is 10.2. The Bertz CT molecular complexity index is 90.0. The molecule has 0 rings (SSSR count). The number of thiol groups is 2. The van der Waals surface area contributed by atoms with Crippen LogP contribution in [-0.2, 0) is 0 Å². The summed E-state index contributed by atoms with van der Waals surface area (Å²) in [4.78, 5) is 0. The zero-order valence-corrected chi connectivity index (χ0v) is 8.67. The summed E-state index contributed by atoms with van der Waals surface area (Å²) in [6.07, 6.45) is -0.399. The molecule has 1 atom stereocenters. The molecule has 0 heterocycles. The summed E-state index contributed by atoms with van der Waals surface area (Å²) in [6, 6.07) is 0. The van der Waals surface area contributed by atoms with E-state index in [-0.39, 0.29) is 13.0 Å². The van der Waals surface area contributed by atoms with Gasteiger partial charge in [-0.25, -0.2) is 0 Å². The van der Waals surface area contributed by atoms with E-state index in [0.29, 0.717) is 5.75 Å². The van der Waals surface area contributed by atoms with Crippen LogP contribution in [-0.4, -0.2) is 44.0 Å². The van der Waals surface area contributed by atoms with Gasteiger partial charge in [-0.3, -0.25) is 0 Å². The normalized spacial score (nSPS) is 13.2. The summed E-state index contributed by atoms with van der Waals surface area (Å²) < 4.78 is 0. The zero-order valence-electron chi connectivity index (χ0n) is 6.88. The van der Waals surface area contributed by atoms with Crippen molar-refractivity contribution in [3.05, 3.63) is 0 Å². The fourth-order valence-electron chi connectivity index (χ4n) is 0.0577. The topological polar surface area (TPSA) is 80.9 Å². The molecule has 1 unspecified atom stereocenters. The van der Waals surface area contributed by atoms with Crippen molar-refractivity contribution in [3.8, 4) is 0 Å². The van der Waals surface area contributed by atoms with Crippen LogP contribution in [0.2, 0.25) is 0 Å². The van der Waals surface area contributed by atoms with E-state index in [4.69, 9.17) is 20.4 Å². The predicted octanol–water partition coefficient (Wildman–Crippen LogP) is -0.766. The Labute approximate surface area is 83.1 Å². The van der Waals surface area contributed by atoms with Crippen LogP contribution in [0.5, 0.6) is 0 Å². The minimum atomic E-state index is -1.76. The van der Waals surface area contributed by atoms with Crippen LogP contribution < -0.4 is 0 Å². The van der Waals surface area contributed by atoms with Gasteiger partial charge in [0.2, 0.25) is 5.12 Å². The van der Waals surface area contributed by atoms with E-state index in [1.54, 1.807) is 6.92 Å². The van der Waals surface area contributed by atoms with Crippen LogP contribution in [0.3, 0.4) is 0 Å². The fourth-order valence-corrected chi connectivity index (χ4v) is 0.173. The van der Waals surface area contributed by atoms with Crippen molar-refractivity contribution >= 4 is 25.3 Å². The Balaban J connectivity index is 0. The second-order valence-corrected chi connectivity index (χ2v) is 3.23. The lowest BCUT2D eigenvalue weighted by Crippen LogP contribution is -2.16. The number of aliphatic hydroxyl groups is 4. The van der Waals surface area contributed by atoms with E-state index < -0.39 is 11.2 Å². The number of aliphatic hydroxyl groups excluding tert-OH is 2. The lowest BCUT2D eigenvalue weighted by atomic mass is 10.4. The minimum absolute atomic E-state index is 0.191. The Morgan fingerprint density at radius 1 is 1.42 bits per heavy atom. The molecule has 4 N–H and O–H groups in total. The van der Waals surface area contributed by atoms with Crippen molar-refractivity contribution in [2.24, 2.45) is 0 Å². The lowest BCUT2D eigenvalue weighted by Gasteiger charge is -2.08. The van der Waals surface area contributed by atoms with Gasteiger partial charge in [0.15, 0.2) is 0 Å². The summed E-state index contributed by atoms with van der Waals surface area (Å²) in [5, 5.41) is 31.1. The van der Waals surface area contributed by atoms with E-state index in [2.05, 4.69) is 25.3 Å². The fraction of sp³-hybridized carbons (Fsp3) is 1.00. The molecular formula is C6H16O4S2. The van der Waals surface area contributed by atoms with Crippen LogP contribution in [0.15, 0.2) is 0 Å². The molecule has 0 radical (unpaired) electrons. The quantitative estimate of drug-likeness (QED) is 0.277. The Kier molecular flexibility index (Phi) is 10.2. The van der Waals surface area contributed by atoms with Crippen molar-refractivity contribution < 1.29 is 20.4 Å². The molecule has 0 aromatic heterocycles. The largest absolute Gasteiger partial charge is 0.394 e. The molecule has 0 aliphatic rings. The molecule has 0 aliphatic heterocycles. The maximum absolute atomic E-state index is 8.34. The SMILES string of the molecule is CCC(O)(O)S.OCC(O)CS. The van der Waals surface area contributed by atoms with E-state index in [1.807, 2.05) is 0 Å². The first-order valence-electron chi connectivity index (χ1n) is 3.44. The Hall–Kier alpha value is 0.540. The average molecular weight is 216 g/mol. The van der Waals surface area contributed by atoms with E-state index >= 15 is 0 Å². The highest BCUT2D eigenvalue weighted by molar-refractivity contribution is 7.81. The van der Waals surface area contributed by atoms with Gasteiger partial charge in [0, 0.05) is 12.2 Å². The molecule has 0 aromatic rings. The summed E-state index contributed by atoms with van der Waals surface area (Å²) in [5.41, 5.74) is 0. The van der Waals surface area contributed by atoms with Gasteiger partial charge in [0.1, 0.15) is 0 Å². The average Bonchev–Trinajstić information content (AvgIpc) is 2.03. The lowest BCUT2D eigenvalue weighted by molar-refractivity contribution is -0.0754. The molecule has 0 amide bonds. The highest BCUT2D eigenvalue weighted by Gasteiger charge is 2.10. The molecule has 0 saturated heterocycles. The molecule has 4 nitrogen and oxygen atoms in total. The van der Waals surface area contributed by atoms with E-state index in [0.717, 1.165) is 0 Å². The third kappa shape index (κ3) is 16.9. The molecular weight excluding hydrogens is 200 g/mol. The van der Waals surface area contributed by atoms with E-state index in [1.165, 1.54) is 0 Å². The molecule has 6 heteroatoms. The number of rotatable bonds is 3. The second-order valence-electron chi connectivity index (χ2n) is 2.15. The minimum Gasteiger partial charge on any atom is -0.394 e. The molecule has 76 valence electrons. The smallest absolute Gasteiger partial charge is 0.209 e. The highest BCUT2D eigenvalue weighted by Crippen LogP contribution is 2.07. The van der Waals surface area contributed by atoms with Gasteiger partial charge >= 0.3 is 0 Å². The molecule has 0 aromatic carbocycles. The van der Waals surface area contributed by atoms with Gasteiger partial charge < -0.3 is 20.4 Å². The summed E-state index contributed by atoms with van der Waals surface area (Å²) in [6.45, 7) is 1.44. The van der Waals surface area contributed by atoms with Crippen LogP contribution in [0.4, 0.5) is 0 Å². The summed E-state index contributed by atoms with van der Waals surface area (Å²) >= 11 is 7.05. The van der Waals surface area contributed by atoms with Crippen LogP contribution in [0, 0.1) is 0 Å². The second kappa shape index (κ2) is 8.15. The van der Waals surface area contributed by atoms with E-state index in [9.17, 15) is 0 Å². The molecule has 0 spiro atoms. The first kappa shape index (κ1) is 15.0. The molecule has 0 saturated carbocycles. The number of hydrogen-bond acceptors (Lipinski definition) is 6. The van der Waals surface area contributed by atoms with Gasteiger partial charge in [-0.1, -0.05) is 6.92 Å². The van der Waals surface area contributed by atoms with Crippen LogP contribution in [0.25, 0.3) is 0 Å². The summed E-state index contributed by atoms with van der Waals surface area (Å²) in [7, 11) is 0. The molecule has 0 aliphatic carbocycles. The van der Waals surface area contributed by atoms with Crippen molar-refractivity contribution in [3.63, 3.8) is 0 Å².